The van der Waals surface area contributed by atoms with Crippen molar-refractivity contribution in [1.82, 2.24) is 0 Å². The quantitative estimate of drug-likeness (QED) is 0.214. The minimum atomic E-state index is -0.646. The van der Waals surface area contributed by atoms with Crippen molar-refractivity contribution in [2.75, 3.05) is 17.3 Å². The molecule has 0 bridgehead atoms. The zero-order chi connectivity index (χ0) is 25.2. The second-order valence-corrected chi connectivity index (χ2v) is 8.28. The van der Waals surface area contributed by atoms with Crippen molar-refractivity contribution in [3.8, 4) is 11.5 Å². The zero-order valence-corrected chi connectivity index (χ0v) is 19.8. The maximum atomic E-state index is 13.0. The average molecular weight is 499 g/mol. The molecule has 0 saturated carbocycles. The van der Waals surface area contributed by atoms with Gasteiger partial charge in [-0.2, -0.15) is 0 Å². The number of halogens is 1. The van der Waals surface area contributed by atoms with Crippen LogP contribution in [0.4, 0.5) is 11.4 Å². The van der Waals surface area contributed by atoms with Crippen molar-refractivity contribution in [2.24, 2.45) is 0 Å². The molecule has 0 aliphatic carbocycles. The molecule has 178 valence electrons. The predicted molar refractivity (Wildman–Crippen MR) is 137 cm³/mol. The fraction of sp³-hybridized carbons (Fsp3) is 0.0357. The molecular formula is C28H19ClN2O5. The molecule has 0 spiro atoms. The van der Waals surface area contributed by atoms with E-state index in [1.807, 2.05) is 36.4 Å². The summed E-state index contributed by atoms with van der Waals surface area (Å²) in [5.41, 5.74) is 1.07. The number of methoxy groups -OCH3 is 1. The van der Waals surface area contributed by atoms with Crippen LogP contribution in [-0.2, 0) is 9.59 Å². The average Bonchev–Trinajstić information content (AvgIpc) is 3.12. The van der Waals surface area contributed by atoms with Gasteiger partial charge in [-0.1, -0.05) is 54.1 Å². The van der Waals surface area contributed by atoms with E-state index in [0.717, 1.165) is 15.7 Å². The number of hydrogen-bond donors (Lipinski definition) is 1. The van der Waals surface area contributed by atoms with Gasteiger partial charge in [0.15, 0.2) is 0 Å². The number of nitrogens with zero attached hydrogens (tertiary/aromatic N) is 1. The number of hydrogen-bond acceptors (Lipinski definition) is 6. The highest BCUT2D eigenvalue weighted by Gasteiger charge is 2.39. The molecule has 0 unspecified atom stereocenters. The van der Waals surface area contributed by atoms with Gasteiger partial charge in [0, 0.05) is 17.1 Å². The molecule has 4 aromatic rings. The summed E-state index contributed by atoms with van der Waals surface area (Å²) in [6.07, 6.45) is 0. The Balaban J connectivity index is 1.32. The van der Waals surface area contributed by atoms with Crippen LogP contribution in [0, 0.1) is 0 Å². The van der Waals surface area contributed by atoms with Gasteiger partial charge in [-0.25, -0.2) is 9.69 Å². The number of rotatable bonds is 6. The highest BCUT2D eigenvalue weighted by atomic mass is 35.5. The van der Waals surface area contributed by atoms with E-state index in [0.29, 0.717) is 28.4 Å². The Bertz CT molecular complexity index is 1540. The van der Waals surface area contributed by atoms with Gasteiger partial charge >= 0.3 is 5.97 Å². The molecule has 1 heterocycles. The van der Waals surface area contributed by atoms with Gasteiger partial charge in [0.25, 0.3) is 11.8 Å². The molecule has 7 nitrogen and oxygen atoms in total. The van der Waals surface area contributed by atoms with E-state index in [-0.39, 0.29) is 10.7 Å². The lowest BCUT2D eigenvalue weighted by Gasteiger charge is -2.16. The Kier molecular flexibility index (Phi) is 6.14. The van der Waals surface area contributed by atoms with E-state index in [1.54, 1.807) is 54.6 Å². The summed E-state index contributed by atoms with van der Waals surface area (Å²) in [6.45, 7) is 0. The Morgan fingerprint density at radius 2 is 1.58 bits per heavy atom. The number of nitrogens with one attached hydrogen (secondary N) is 1. The van der Waals surface area contributed by atoms with Crippen molar-refractivity contribution < 1.29 is 23.9 Å². The number of anilines is 2. The summed E-state index contributed by atoms with van der Waals surface area (Å²) in [5, 5.41) is 4.45. The first-order valence-electron chi connectivity index (χ1n) is 11.0. The maximum absolute atomic E-state index is 13.0. The molecule has 0 fully saturated rings. The van der Waals surface area contributed by atoms with Crippen LogP contribution >= 0.6 is 11.6 Å². The zero-order valence-electron chi connectivity index (χ0n) is 19.0. The Hall–Kier alpha value is -4.62. The number of carbonyl (C=O) groups is 3. The molecule has 5 rings (SSSR count). The summed E-state index contributed by atoms with van der Waals surface area (Å²) in [4.78, 5) is 39.4. The number of esters is 1. The van der Waals surface area contributed by atoms with Crippen LogP contribution in [0.5, 0.6) is 11.5 Å². The molecule has 2 amide bonds. The summed E-state index contributed by atoms with van der Waals surface area (Å²) in [5.74, 6) is -0.807. The number of ether oxygens (including phenoxy) is 2. The van der Waals surface area contributed by atoms with Gasteiger partial charge in [0.2, 0.25) is 0 Å². The van der Waals surface area contributed by atoms with Gasteiger partial charge in [-0.3, -0.25) is 9.59 Å². The van der Waals surface area contributed by atoms with Gasteiger partial charge < -0.3 is 14.8 Å². The number of amides is 2. The topological polar surface area (TPSA) is 84.9 Å². The SMILES string of the molecule is COc1cccc(N2C(=O)C(Cl)=C(Nc3ccc(C(=O)Oc4cccc5ccccc45)cc3)C2=O)c1. The van der Waals surface area contributed by atoms with E-state index in [9.17, 15) is 14.4 Å². The van der Waals surface area contributed by atoms with E-state index in [1.165, 1.54) is 7.11 Å². The molecule has 1 aliphatic rings. The molecule has 0 saturated heterocycles. The summed E-state index contributed by atoms with van der Waals surface area (Å²) in [6, 6.07) is 26.0. The van der Waals surface area contributed by atoms with E-state index in [4.69, 9.17) is 21.1 Å². The van der Waals surface area contributed by atoms with Crippen molar-refractivity contribution >= 4 is 51.5 Å². The predicted octanol–water partition coefficient (Wildman–Crippen LogP) is 5.50. The van der Waals surface area contributed by atoms with Crippen molar-refractivity contribution in [3.63, 3.8) is 0 Å². The monoisotopic (exact) mass is 498 g/mol. The highest BCUT2D eigenvalue weighted by Crippen LogP contribution is 2.32. The number of carbonyl (C=O) groups excluding carboxylic acids is 3. The van der Waals surface area contributed by atoms with Gasteiger partial charge in [0.05, 0.1) is 18.4 Å². The summed E-state index contributed by atoms with van der Waals surface area (Å²) < 4.78 is 10.8. The Morgan fingerprint density at radius 1 is 0.861 bits per heavy atom. The lowest BCUT2D eigenvalue weighted by molar-refractivity contribution is -0.120. The van der Waals surface area contributed by atoms with Crippen LogP contribution in [0.3, 0.4) is 0 Å². The lowest BCUT2D eigenvalue weighted by atomic mass is 10.1. The van der Waals surface area contributed by atoms with Gasteiger partial charge in [-0.05, 0) is 47.9 Å². The van der Waals surface area contributed by atoms with E-state index < -0.39 is 17.8 Å². The summed E-state index contributed by atoms with van der Waals surface area (Å²) >= 11 is 6.21. The fourth-order valence-corrected chi connectivity index (χ4v) is 4.09. The van der Waals surface area contributed by atoms with E-state index in [2.05, 4.69) is 5.32 Å². The van der Waals surface area contributed by atoms with Gasteiger partial charge in [-0.15, -0.1) is 0 Å². The third kappa shape index (κ3) is 4.28. The first-order chi connectivity index (χ1) is 17.5. The molecule has 4 aromatic carbocycles. The maximum Gasteiger partial charge on any atom is 0.343 e. The van der Waals surface area contributed by atoms with Crippen molar-refractivity contribution in [3.05, 3.63) is 107 Å². The molecule has 0 radical (unpaired) electrons. The van der Waals surface area contributed by atoms with Crippen molar-refractivity contribution in [2.45, 2.75) is 0 Å². The second-order valence-electron chi connectivity index (χ2n) is 7.91. The van der Waals surface area contributed by atoms with E-state index >= 15 is 0 Å². The molecule has 8 heteroatoms. The molecule has 36 heavy (non-hydrogen) atoms. The number of fused-ring (bicyclic) bond motifs is 1. The number of imide groups is 1. The number of benzene rings is 4. The molecule has 0 atom stereocenters. The first kappa shape index (κ1) is 23.1. The Labute approximate surface area is 211 Å². The highest BCUT2D eigenvalue weighted by molar-refractivity contribution is 6.53. The molecular weight excluding hydrogens is 480 g/mol. The van der Waals surface area contributed by atoms with Crippen LogP contribution in [0.15, 0.2) is 102 Å². The smallest absolute Gasteiger partial charge is 0.343 e. The third-order valence-corrected chi connectivity index (χ3v) is 6.03. The van der Waals surface area contributed by atoms with Crippen LogP contribution in [0.1, 0.15) is 10.4 Å². The molecule has 1 aliphatic heterocycles. The van der Waals surface area contributed by atoms with Crippen LogP contribution < -0.4 is 19.7 Å². The standard InChI is InChI=1S/C28H19ClN2O5/c1-35-21-9-5-8-20(16-21)31-26(32)24(29)25(27(31)33)30-19-14-12-18(13-15-19)28(34)36-23-11-4-7-17-6-2-3-10-22(17)23/h2-16,30H,1H3. The normalized spacial score (nSPS) is 13.3. The second kappa shape index (κ2) is 9.56. The Morgan fingerprint density at radius 3 is 2.36 bits per heavy atom. The van der Waals surface area contributed by atoms with Crippen LogP contribution in [0.2, 0.25) is 0 Å². The van der Waals surface area contributed by atoms with Crippen molar-refractivity contribution in [1.29, 1.82) is 0 Å². The van der Waals surface area contributed by atoms with Crippen LogP contribution in [0.25, 0.3) is 10.8 Å². The van der Waals surface area contributed by atoms with Crippen LogP contribution in [-0.4, -0.2) is 24.9 Å². The molecule has 1 N–H and O–H groups in total. The largest absolute Gasteiger partial charge is 0.497 e. The minimum Gasteiger partial charge on any atom is -0.497 e. The lowest BCUT2D eigenvalue weighted by Crippen LogP contribution is -2.32. The molecule has 0 aromatic heterocycles. The summed E-state index contributed by atoms with van der Waals surface area (Å²) in [7, 11) is 1.49. The van der Waals surface area contributed by atoms with Gasteiger partial charge in [0.1, 0.15) is 22.2 Å². The minimum absolute atomic E-state index is 0.0597. The fourth-order valence-electron chi connectivity index (χ4n) is 3.87. The first-order valence-corrected chi connectivity index (χ1v) is 11.3. The third-order valence-electron chi connectivity index (χ3n) is 5.68.